The molecule has 0 radical (unpaired) electrons. The summed E-state index contributed by atoms with van der Waals surface area (Å²) >= 11 is 11.0. The van der Waals surface area contributed by atoms with Crippen LogP contribution in [0.4, 0.5) is 0 Å². The zero-order valence-electron chi connectivity index (χ0n) is 6.94. The summed E-state index contributed by atoms with van der Waals surface area (Å²) in [6, 6.07) is 1.72. The Hall–Kier alpha value is 1.18. The summed E-state index contributed by atoms with van der Waals surface area (Å²) in [7, 11) is -4.59. The monoisotopic (exact) mass is 318 g/mol. The Bertz CT molecular complexity index is 531. The van der Waals surface area contributed by atoms with Crippen molar-refractivity contribution in [2.24, 2.45) is 0 Å². The number of hydrogen-bond donors (Lipinski definition) is 2. The molecule has 0 aromatic heterocycles. The maximum absolute atomic E-state index is 10.8. The molecule has 2 N–H and O–H groups in total. The van der Waals surface area contributed by atoms with Gasteiger partial charge in [-0.25, -0.2) is 4.79 Å². The zero-order valence-corrected chi connectivity index (χ0v) is 9.27. The molecule has 10 heteroatoms. The van der Waals surface area contributed by atoms with E-state index in [1.54, 1.807) is 0 Å². The molecule has 0 saturated carbocycles. The molecule has 1 aromatic carbocycles. The van der Waals surface area contributed by atoms with Crippen LogP contribution >= 0.6 is 23.2 Å². The molecule has 1 aromatic rings. The second-order valence-corrected chi connectivity index (χ2v) is 4.73. The van der Waals surface area contributed by atoms with Crippen LogP contribution in [0.5, 0.6) is 0 Å². The number of halogens is 2. The predicted octanol–water partition coefficient (Wildman–Crippen LogP) is 0.641. The van der Waals surface area contributed by atoms with Crippen LogP contribution in [0.1, 0.15) is 10.4 Å². The van der Waals surface area contributed by atoms with Crippen molar-refractivity contribution in [1.29, 1.82) is 0 Å². The molecule has 0 atom stereocenters. The summed E-state index contributed by atoms with van der Waals surface area (Å²) in [4.78, 5) is 9.84. The predicted molar refractivity (Wildman–Crippen MR) is 67.5 cm³/mol. The molecule has 86 valence electrons. The van der Waals surface area contributed by atoms with Gasteiger partial charge in [0.25, 0.3) is 10.1 Å². The fourth-order valence-electron chi connectivity index (χ4n) is 0.875. The Labute approximate surface area is 152 Å². The summed E-state index contributed by atoms with van der Waals surface area (Å²) in [5.74, 6) is -1.38. The summed E-state index contributed by atoms with van der Waals surface area (Å²) in [6.07, 6.45) is 0. The van der Waals surface area contributed by atoms with Crippen LogP contribution in [-0.4, -0.2) is 83.2 Å². The van der Waals surface area contributed by atoms with Gasteiger partial charge < -0.3 is 5.11 Å². The third kappa shape index (κ3) is 5.36. The molecule has 0 aliphatic heterocycles. The van der Waals surface area contributed by atoms with Crippen LogP contribution in [-0.2, 0) is 10.1 Å². The summed E-state index contributed by atoms with van der Waals surface area (Å²) < 4.78 is 30.3. The molecule has 17 heavy (non-hydrogen) atoms. The number of rotatable bonds is 2. The fraction of sp³-hybridized carbons (Fsp3) is 0. The van der Waals surface area contributed by atoms with Crippen LogP contribution in [0.15, 0.2) is 17.0 Å². The van der Waals surface area contributed by atoms with Crippen molar-refractivity contribution >= 4 is 98.4 Å². The molecule has 0 heterocycles. The molecule has 0 unspecified atom stereocenters. The van der Waals surface area contributed by atoms with Crippen LogP contribution < -0.4 is 0 Å². The third-order valence-corrected chi connectivity index (χ3v) is 3.31. The number of aromatic carboxylic acids is 1. The van der Waals surface area contributed by atoms with Crippen molar-refractivity contribution < 1.29 is 22.9 Å². The Morgan fingerprint density at radius 2 is 1.65 bits per heavy atom. The summed E-state index contributed by atoms with van der Waals surface area (Å²) in [5.41, 5.74) is -0.378. The van der Waals surface area contributed by atoms with Gasteiger partial charge in [-0.3, -0.25) is 4.55 Å². The van der Waals surface area contributed by atoms with E-state index in [0.717, 1.165) is 12.1 Å². The summed E-state index contributed by atoms with van der Waals surface area (Å²) in [5, 5.41) is 7.94. The van der Waals surface area contributed by atoms with Crippen LogP contribution in [0.25, 0.3) is 0 Å². The van der Waals surface area contributed by atoms with E-state index < -0.39 is 26.0 Å². The second kappa shape index (κ2) is 7.69. The standard InChI is InChI=1S/C7H4Cl2O5S.2Na.2H/c8-4-1-3(7(10)11)2-5(6(4)9)15(12,13)14;;;;/h1-2H,(H,10,11)(H,12,13,14);;;;. The number of hydrogen-bond acceptors (Lipinski definition) is 3. The average molecular weight is 319 g/mol. The van der Waals surface area contributed by atoms with Gasteiger partial charge in [-0.15, -0.1) is 0 Å². The molecule has 0 saturated heterocycles. The van der Waals surface area contributed by atoms with Crippen molar-refractivity contribution in [3.63, 3.8) is 0 Å². The van der Waals surface area contributed by atoms with Gasteiger partial charge in [0.05, 0.1) is 15.6 Å². The van der Waals surface area contributed by atoms with Gasteiger partial charge in [0.15, 0.2) is 0 Å². The number of carboxylic acid groups (broad SMARTS) is 1. The van der Waals surface area contributed by atoms with E-state index >= 15 is 0 Å². The fourth-order valence-corrected chi connectivity index (χ4v) is 2.16. The first-order valence-corrected chi connectivity index (χ1v) is 5.63. The number of carbonyl (C=O) groups is 1. The van der Waals surface area contributed by atoms with Crippen molar-refractivity contribution in [2.45, 2.75) is 4.90 Å². The minimum absolute atomic E-state index is 0. The van der Waals surface area contributed by atoms with Crippen molar-refractivity contribution in [3.8, 4) is 0 Å². The SMILES string of the molecule is O=C(O)c1cc(Cl)c(Cl)c(S(=O)(=O)O)c1.[NaH].[NaH]. The van der Waals surface area contributed by atoms with Gasteiger partial charge in [0.1, 0.15) is 4.90 Å². The van der Waals surface area contributed by atoms with Crippen LogP contribution in [0, 0.1) is 0 Å². The molecule has 0 aliphatic carbocycles. The van der Waals surface area contributed by atoms with E-state index in [1.165, 1.54) is 0 Å². The van der Waals surface area contributed by atoms with Gasteiger partial charge in [-0.1, -0.05) is 23.2 Å². The van der Waals surface area contributed by atoms with Gasteiger partial charge in [-0.05, 0) is 12.1 Å². The van der Waals surface area contributed by atoms with Crippen LogP contribution in [0.2, 0.25) is 10.0 Å². The number of benzene rings is 1. The molecule has 5 nitrogen and oxygen atoms in total. The van der Waals surface area contributed by atoms with E-state index in [0.29, 0.717) is 0 Å². The first-order chi connectivity index (χ1) is 6.73. The van der Waals surface area contributed by atoms with Gasteiger partial charge >= 0.3 is 65.1 Å². The zero-order chi connectivity index (χ0) is 11.8. The van der Waals surface area contributed by atoms with Crippen LogP contribution in [0.3, 0.4) is 0 Å². The summed E-state index contributed by atoms with van der Waals surface area (Å²) in [6.45, 7) is 0. The van der Waals surface area contributed by atoms with E-state index in [-0.39, 0.29) is 69.7 Å². The first kappa shape index (κ1) is 20.5. The molecule has 0 amide bonds. The van der Waals surface area contributed by atoms with E-state index in [9.17, 15) is 13.2 Å². The Morgan fingerprint density at radius 3 is 2.00 bits per heavy atom. The molecule has 0 spiro atoms. The van der Waals surface area contributed by atoms with Crippen molar-refractivity contribution in [2.75, 3.05) is 0 Å². The maximum atomic E-state index is 10.8. The first-order valence-electron chi connectivity index (χ1n) is 3.43. The Kier molecular flexibility index (Phi) is 9.27. The number of carboxylic acids is 1. The average Bonchev–Trinajstić information content (AvgIpc) is 2.06. The van der Waals surface area contributed by atoms with Crippen molar-refractivity contribution in [3.05, 3.63) is 27.7 Å². The van der Waals surface area contributed by atoms with Crippen molar-refractivity contribution in [1.82, 2.24) is 0 Å². The molecule has 0 aliphatic rings. The molecular weight excluding hydrogens is 313 g/mol. The van der Waals surface area contributed by atoms with E-state index in [2.05, 4.69) is 0 Å². The minimum atomic E-state index is -4.59. The van der Waals surface area contributed by atoms with Gasteiger partial charge in [0.2, 0.25) is 0 Å². The van der Waals surface area contributed by atoms with Gasteiger partial charge in [0, 0.05) is 0 Å². The van der Waals surface area contributed by atoms with E-state index in [4.69, 9.17) is 32.9 Å². The molecule has 0 bridgehead atoms. The quantitative estimate of drug-likeness (QED) is 0.617. The Morgan fingerprint density at radius 1 is 1.18 bits per heavy atom. The third-order valence-electron chi connectivity index (χ3n) is 1.52. The van der Waals surface area contributed by atoms with E-state index in [1.807, 2.05) is 0 Å². The topological polar surface area (TPSA) is 91.7 Å². The molecule has 1 rings (SSSR count). The molecule has 0 fully saturated rings. The van der Waals surface area contributed by atoms with Gasteiger partial charge in [-0.2, -0.15) is 8.42 Å². The second-order valence-electron chi connectivity index (χ2n) is 2.55. The Balaban J connectivity index is 0. The normalized spacial score (nSPS) is 10.1. The molecular formula is C7H6Cl2Na2O5S.